The molecule has 2 aromatic rings. The minimum absolute atomic E-state index is 1.01. The summed E-state index contributed by atoms with van der Waals surface area (Å²) in [5.74, 6) is 1.01. The molecule has 0 saturated heterocycles. The normalized spacial score (nSPS) is 10.8. The summed E-state index contributed by atoms with van der Waals surface area (Å²) in [4.78, 5) is 0. The number of ether oxygens (including phenoxy) is 1. The molecule has 1 heteroatoms. The lowest BCUT2D eigenvalue weighted by molar-refractivity contribution is 0.409. The molecule has 84 valence electrons. The predicted octanol–water partition coefficient (Wildman–Crippen LogP) is 4.03. The Morgan fingerprint density at radius 3 is 2.50 bits per heavy atom. The molecule has 0 aliphatic carbocycles. The Labute approximate surface area is 97.1 Å². The van der Waals surface area contributed by atoms with Gasteiger partial charge in [-0.25, -0.2) is 0 Å². The third-order valence-corrected chi connectivity index (χ3v) is 3.20. The Kier molecular flexibility index (Phi) is 2.86. The molecule has 0 aromatic heterocycles. The van der Waals surface area contributed by atoms with Crippen LogP contribution in [-0.4, -0.2) is 7.11 Å². The Morgan fingerprint density at radius 1 is 1.12 bits per heavy atom. The van der Waals surface area contributed by atoms with Crippen LogP contribution in [-0.2, 0) is 6.42 Å². The van der Waals surface area contributed by atoms with Crippen molar-refractivity contribution in [2.45, 2.75) is 27.2 Å². The first-order valence-electron chi connectivity index (χ1n) is 5.74. The van der Waals surface area contributed by atoms with Gasteiger partial charge in [0.15, 0.2) is 0 Å². The molecule has 0 saturated carbocycles. The van der Waals surface area contributed by atoms with Crippen molar-refractivity contribution in [3.63, 3.8) is 0 Å². The summed E-state index contributed by atoms with van der Waals surface area (Å²) in [6, 6.07) is 8.88. The summed E-state index contributed by atoms with van der Waals surface area (Å²) in [5.41, 5.74) is 3.83. The molecule has 2 rings (SSSR count). The van der Waals surface area contributed by atoms with Gasteiger partial charge in [-0.3, -0.25) is 0 Å². The van der Waals surface area contributed by atoms with Crippen LogP contribution in [0.4, 0.5) is 0 Å². The summed E-state index contributed by atoms with van der Waals surface area (Å²) in [6.07, 6.45) is 1.08. The molecule has 0 N–H and O–H groups in total. The number of rotatable bonds is 2. The quantitative estimate of drug-likeness (QED) is 0.733. The smallest absolute Gasteiger partial charge is 0.125 e. The third-order valence-electron chi connectivity index (χ3n) is 3.20. The molecule has 0 atom stereocenters. The van der Waals surface area contributed by atoms with E-state index < -0.39 is 0 Å². The number of benzene rings is 2. The van der Waals surface area contributed by atoms with E-state index in [1.807, 2.05) is 0 Å². The van der Waals surface area contributed by atoms with Gasteiger partial charge in [-0.2, -0.15) is 0 Å². The lowest BCUT2D eigenvalue weighted by Gasteiger charge is -2.12. The van der Waals surface area contributed by atoms with E-state index in [0.29, 0.717) is 0 Å². The second-order valence-electron chi connectivity index (χ2n) is 4.26. The minimum Gasteiger partial charge on any atom is -0.496 e. The van der Waals surface area contributed by atoms with Gasteiger partial charge in [0.1, 0.15) is 5.75 Å². The lowest BCUT2D eigenvalue weighted by Crippen LogP contribution is -1.93. The van der Waals surface area contributed by atoms with Crippen LogP contribution in [0.25, 0.3) is 10.8 Å². The molecule has 0 fully saturated rings. The maximum absolute atomic E-state index is 5.44. The average Bonchev–Trinajstić information content (AvgIpc) is 2.28. The van der Waals surface area contributed by atoms with Gasteiger partial charge in [0.2, 0.25) is 0 Å². The largest absolute Gasteiger partial charge is 0.496 e. The van der Waals surface area contributed by atoms with Gasteiger partial charge in [-0.15, -0.1) is 0 Å². The molecule has 16 heavy (non-hydrogen) atoms. The zero-order chi connectivity index (χ0) is 11.7. The van der Waals surface area contributed by atoms with Crippen LogP contribution >= 0.6 is 0 Å². The Balaban J connectivity index is 2.76. The van der Waals surface area contributed by atoms with Crippen molar-refractivity contribution in [3.8, 4) is 5.75 Å². The van der Waals surface area contributed by atoms with Gasteiger partial charge < -0.3 is 4.74 Å². The Hall–Kier alpha value is -1.50. The van der Waals surface area contributed by atoms with Crippen molar-refractivity contribution < 1.29 is 4.74 Å². The van der Waals surface area contributed by atoms with E-state index in [1.165, 1.54) is 27.5 Å². The van der Waals surface area contributed by atoms with Gasteiger partial charge in [-0.05, 0) is 53.8 Å². The number of hydrogen-bond donors (Lipinski definition) is 0. The third kappa shape index (κ3) is 1.67. The molecule has 0 heterocycles. The highest BCUT2D eigenvalue weighted by Gasteiger charge is 2.07. The number of hydrogen-bond acceptors (Lipinski definition) is 1. The van der Waals surface area contributed by atoms with Gasteiger partial charge in [-0.1, -0.05) is 25.1 Å². The molecule has 0 radical (unpaired) electrons. The van der Waals surface area contributed by atoms with E-state index in [-0.39, 0.29) is 0 Å². The summed E-state index contributed by atoms with van der Waals surface area (Å²) in [7, 11) is 1.74. The molecule has 2 aromatic carbocycles. The molecule has 1 nitrogen and oxygen atoms in total. The van der Waals surface area contributed by atoms with Crippen LogP contribution in [0.15, 0.2) is 24.3 Å². The molecule has 0 spiro atoms. The summed E-state index contributed by atoms with van der Waals surface area (Å²) < 4.78 is 5.44. The van der Waals surface area contributed by atoms with Crippen LogP contribution in [0.5, 0.6) is 5.75 Å². The predicted molar refractivity (Wildman–Crippen MR) is 69.4 cm³/mol. The van der Waals surface area contributed by atoms with Crippen molar-refractivity contribution >= 4 is 10.8 Å². The van der Waals surface area contributed by atoms with Crippen molar-refractivity contribution in [3.05, 3.63) is 41.0 Å². The van der Waals surface area contributed by atoms with Crippen LogP contribution in [0, 0.1) is 13.8 Å². The van der Waals surface area contributed by atoms with E-state index >= 15 is 0 Å². The topological polar surface area (TPSA) is 9.23 Å². The molecule has 0 amide bonds. The zero-order valence-corrected chi connectivity index (χ0v) is 10.4. The first kappa shape index (κ1) is 11.0. The standard InChI is InChI=1S/C15H18O/c1-5-12-6-7-14-11(3)15(16-4)10(2)8-13(14)9-12/h6-9H,5H2,1-4H3. The number of fused-ring (bicyclic) bond motifs is 1. The second kappa shape index (κ2) is 4.17. The molecule has 0 aliphatic rings. The van der Waals surface area contributed by atoms with Crippen LogP contribution in [0.2, 0.25) is 0 Å². The fourth-order valence-electron chi connectivity index (χ4n) is 2.32. The van der Waals surface area contributed by atoms with Crippen molar-refractivity contribution in [2.75, 3.05) is 7.11 Å². The van der Waals surface area contributed by atoms with E-state index in [0.717, 1.165) is 12.2 Å². The van der Waals surface area contributed by atoms with E-state index in [9.17, 15) is 0 Å². The highest BCUT2D eigenvalue weighted by atomic mass is 16.5. The highest BCUT2D eigenvalue weighted by Crippen LogP contribution is 2.31. The highest BCUT2D eigenvalue weighted by molar-refractivity contribution is 5.89. The van der Waals surface area contributed by atoms with E-state index in [4.69, 9.17) is 4.74 Å². The minimum atomic E-state index is 1.01. The van der Waals surface area contributed by atoms with Crippen LogP contribution in [0.3, 0.4) is 0 Å². The van der Waals surface area contributed by atoms with Gasteiger partial charge in [0, 0.05) is 0 Å². The monoisotopic (exact) mass is 214 g/mol. The SMILES string of the molecule is CCc1ccc2c(C)c(OC)c(C)cc2c1. The van der Waals surface area contributed by atoms with Crippen molar-refractivity contribution in [2.24, 2.45) is 0 Å². The molecular formula is C15H18O. The summed E-state index contributed by atoms with van der Waals surface area (Å²) in [6.45, 7) is 6.41. The summed E-state index contributed by atoms with van der Waals surface area (Å²) in [5, 5.41) is 2.61. The fourth-order valence-corrected chi connectivity index (χ4v) is 2.32. The average molecular weight is 214 g/mol. The first-order chi connectivity index (χ1) is 7.67. The fraction of sp³-hybridized carbons (Fsp3) is 0.333. The van der Waals surface area contributed by atoms with Crippen LogP contribution < -0.4 is 4.74 Å². The molecule has 0 aliphatic heterocycles. The number of methoxy groups -OCH3 is 1. The first-order valence-corrected chi connectivity index (χ1v) is 5.74. The van der Waals surface area contributed by atoms with E-state index in [2.05, 4.69) is 45.0 Å². The molecular weight excluding hydrogens is 196 g/mol. The van der Waals surface area contributed by atoms with Crippen molar-refractivity contribution in [1.82, 2.24) is 0 Å². The van der Waals surface area contributed by atoms with Crippen LogP contribution in [0.1, 0.15) is 23.6 Å². The maximum atomic E-state index is 5.44. The molecule has 0 unspecified atom stereocenters. The lowest BCUT2D eigenvalue weighted by atomic mass is 9.98. The Bertz CT molecular complexity index is 526. The number of aryl methyl sites for hydroxylation is 3. The van der Waals surface area contributed by atoms with Gasteiger partial charge >= 0.3 is 0 Å². The van der Waals surface area contributed by atoms with Gasteiger partial charge in [0.05, 0.1) is 7.11 Å². The maximum Gasteiger partial charge on any atom is 0.125 e. The van der Waals surface area contributed by atoms with E-state index in [1.54, 1.807) is 7.11 Å². The zero-order valence-electron chi connectivity index (χ0n) is 10.4. The van der Waals surface area contributed by atoms with Crippen molar-refractivity contribution in [1.29, 1.82) is 0 Å². The Morgan fingerprint density at radius 2 is 1.88 bits per heavy atom. The second-order valence-corrected chi connectivity index (χ2v) is 4.26. The summed E-state index contributed by atoms with van der Waals surface area (Å²) >= 11 is 0. The van der Waals surface area contributed by atoms with Gasteiger partial charge in [0.25, 0.3) is 0 Å². The molecule has 0 bridgehead atoms.